The van der Waals surface area contributed by atoms with Crippen molar-refractivity contribution in [1.29, 1.82) is 0 Å². The molecule has 1 aromatic heterocycles. The van der Waals surface area contributed by atoms with E-state index in [0.717, 1.165) is 0 Å². The molecule has 3 N–H and O–H groups in total. The van der Waals surface area contributed by atoms with Crippen LogP contribution in [0.1, 0.15) is 5.69 Å². The van der Waals surface area contributed by atoms with Crippen molar-refractivity contribution in [2.75, 3.05) is 5.32 Å². The number of aromatic nitrogens is 1. The maximum absolute atomic E-state index is 10.3. The van der Waals surface area contributed by atoms with Crippen LogP contribution in [-0.2, 0) is 11.3 Å². The molecule has 1 aromatic rings. The summed E-state index contributed by atoms with van der Waals surface area (Å²) < 4.78 is 10.0. The summed E-state index contributed by atoms with van der Waals surface area (Å²) in [6, 6.07) is -0.661. The van der Waals surface area contributed by atoms with Gasteiger partial charge in [-0.15, -0.1) is 11.3 Å². The molecule has 64 valence electrons. The van der Waals surface area contributed by atoms with Crippen LogP contribution in [-0.4, -0.2) is 20.6 Å². The van der Waals surface area contributed by atoms with Crippen molar-refractivity contribution in [3.05, 3.63) is 11.1 Å². The Labute approximate surface area is 75.7 Å². The Bertz CT molecular complexity index is 342. The molecular weight excluding hydrogens is 198 g/mol. The number of amides is 2. The lowest BCUT2D eigenvalue weighted by molar-refractivity contribution is 0.259. The fourth-order valence-corrected chi connectivity index (χ4v) is 1.53. The number of carbonyl (C=O) groups excluding carboxylic acids is 1. The van der Waals surface area contributed by atoms with Crippen LogP contribution in [0, 0.1) is 0 Å². The van der Waals surface area contributed by atoms with Crippen LogP contribution < -0.4 is 11.1 Å². The molecule has 7 heteroatoms. The van der Waals surface area contributed by atoms with Gasteiger partial charge in [0.25, 0.3) is 0 Å². The smallest absolute Gasteiger partial charge is 0.318 e. The normalized spacial score (nSPS) is 9.00. The molecule has 0 atom stereocenters. The van der Waals surface area contributed by atoms with Crippen molar-refractivity contribution in [3.8, 4) is 0 Å². The van der Waals surface area contributed by atoms with Crippen molar-refractivity contribution >= 4 is 39.1 Å². The average Bonchev–Trinajstić information content (AvgIpc) is 2.36. The van der Waals surface area contributed by atoms with Crippen molar-refractivity contribution in [2.24, 2.45) is 5.73 Å². The van der Waals surface area contributed by atoms with Gasteiger partial charge in [-0.3, -0.25) is 5.32 Å². The van der Waals surface area contributed by atoms with Gasteiger partial charge in [0.05, 0.1) is 22.3 Å². The standard InChI is InChI=1S/C5H5N3O2S2/c6-4(9)8-5-7-3(1-11-5)2-12-10/h1-2H,(H3,6,7,8,9). The quantitative estimate of drug-likeness (QED) is 0.663. The lowest BCUT2D eigenvalue weighted by Crippen LogP contribution is -2.19. The van der Waals surface area contributed by atoms with Crippen molar-refractivity contribution in [3.63, 3.8) is 0 Å². The first-order valence-corrected chi connectivity index (χ1v) is 4.54. The number of carbonyl (C=O) groups is 1. The van der Waals surface area contributed by atoms with Gasteiger partial charge < -0.3 is 5.73 Å². The van der Waals surface area contributed by atoms with Gasteiger partial charge in [0, 0.05) is 5.38 Å². The van der Waals surface area contributed by atoms with Gasteiger partial charge in [0.2, 0.25) is 0 Å². The molecule has 0 fully saturated rings. The summed E-state index contributed by atoms with van der Waals surface area (Å²) in [4.78, 5) is 14.2. The van der Waals surface area contributed by atoms with Crippen LogP contribution in [0.3, 0.4) is 0 Å². The number of hydrogen-bond donors (Lipinski definition) is 2. The molecule has 0 unspecified atom stereocenters. The van der Waals surface area contributed by atoms with E-state index in [-0.39, 0.29) is 0 Å². The zero-order valence-electron chi connectivity index (χ0n) is 5.81. The van der Waals surface area contributed by atoms with Gasteiger partial charge in [-0.05, 0) is 0 Å². The van der Waals surface area contributed by atoms with E-state index in [0.29, 0.717) is 22.1 Å². The monoisotopic (exact) mass is 203 g/mol. The Morgan fingerprint density at radius 2 is 2.58 bits per heavy atom. The molecule has 0 saturated carbocycles. The van der Waals surface area contributed by atoms with Crippen molar-refractivity contribution in [1.82, 2.24) is 4.98 Å². The molecule has 12 heavy (non-hydrogen) atoms. The molecule has 0 bridgehead atoms. The van der Waals surface area contributed by atoms with Crippen LogP contribution in [0.5, 0.6) is 0 Å². The van der Waals surface area contributed by atoms with Crippen LogP contribution in [0.25, 0.3) is 0 Å². The second-order valence-corrected chi connectivity index (χ2v) is 3.07. The van der Waals surface area contributed by atoms with Crippen LogP contribution in [0.2, 0.25) is 0 Å². The van der Waals surface area contributed by atoms with Gasteiger partial charge in [-0.25, -0.2) is 14.0 Å². The topological polar surface area (TPSA) is 85.1 Å². The molecule has 0 aliphatic heterocycles. The number of thiazole rings is 1. The van der Waals surface area contributed by atoms with Gasteiger partial charge in [-0.1, -0.05) is 0 Å². The zero-order valence-corrected chi connectivity index (χ0v) is 7.45. The number of urea groups is 1. The molecule has 1 rings (SSSR count). The minimum Gasteiger partial charge on any atom is -0.351 e. The van der Waals surface area contributed by atoms with Crippen LogP contribution in [0.15, 0.2) is 5.38 Å². The summed E-state index contributed by atoms with van der Waals surface area (Å²) in [6.45, 7) is 0. The SMILES string of the molecule is NC(=O)Nc1nc(C=S=O)cs1. The lowest BCUT2D eigenvalue weighted by atomic mass is 10.6. The number of rotatable bonds is 2. The number of primary amides is 1. The van der Waals surface area contributed by atoms with E-state index in [1.54, 1.807) is 5.38 Å². The lowest BCUT2D eigenvalue weighted by Gasteiger charge is -1.91. The summed E-state index contributed by atoms with van der Waals surface area (Å²) in [6.07, 6.45) is 0. The molecule has 0 radical (unpaired) electrons. The van der Waals surface area contributed by atoms with E-state index in [4.69, 9.17) is 5.73 Å². The fourth-order valence-electron chi connectivity index (χ4n) is 0.552. The molecule has 0 aromatic carbocycles. The summed E-state index contributed by atoms with van der Waals surface area (Å²) in [5.74, 6) is 0. The van der Waals surface area contributed by atoms with E-state index in [9.17, 15) is 9.00 Å². The third-order valence-corrected chi connectivity index (χ3v) is 2.03. The third kappa shape index (κ3) is 2.44. The van der Waals surface area contributed by atoms with E-state index >= 15 is 0 Å². The first kappa shape index (κ1) is 8.88. The Hall–Kier alpha value is -1.21. The molecule has 0 aliphatic carbocycles. The Balaban J connectivity index is 2.77. The van der Waals surface area contributed by atoms with Crippen LogP contribution in [0.4, 0.5) is 9.93 Å². The summed E-state index contributed by atoms with van der Waals surface area (Å²) in [5.41, 5.74) is 5.38. The highest BCUT2D eigenvalue weighted by Gasteiger charge is 2.00. The van der Waals surface area contributed by atoms with E-state index in [1.165, 1.54) is 16.7 Å². The third-order valence-electron chi connectivity index (χ3n) is 0.921. The van der Waals surface area contributed by atoms with Gasteiger partial charge in [0.15, 0.2) is 5.13 Å². The highest BCUT2D eigenvalue weighted by molar-refractivity contribution is 7.65. The maximum Gasteiger partial charge on any atom is 0.318 e. The van der Waals surface area contributed by atoms with Gasteiger partial charge >= 0.3 is 6.03 Å². The summed E-state index contributed by atoms with van der Waals surface area (Å²) >= 11 is 1.52. The first-order chi connectivity index (χ1) is 5.72. The number of nitrogens with zero attached hydrogens (tertiary/aromatic N) is 1. The average molecular weight is 203 g/mol. The minimum atomic E-state index is -0.661. The second kappa shape index (κ2) is 3.98. The van der Waals surface area contributed by atoms with Crippen molar-refractivity contribution in [2.45, 2.75) is 0 Å². The Morgan fingerprint density at radius 1 is 1.83 bits per heavy atom. The van der Waals surface area contributed by atoms with Gasteiger partial charge in [0.1, 0.15) is 0 Å². The second-order valence-electron chi connectivity index (χ2n) is 1.78. The Morgan fingerprint density at radius 3 is 3.17 bits per heavy atom. The molecule has 2 amide bonds. The first-order valence-electron chi connectivity index (χ1n) is 2.86. The molecule has 0 saturated heterocycles. The predicted octanol–water partition coefficient (Wildman–Crippen LogP) is -0.00300. The number of nitrogens with one attached hydrogen (secondary N) is 1. The van der Waals surface area contributed by atoms with Crippen molar-refractivity contribution < 1.29 is 9.00 Å². The Kier molecular flexibility index (Phi) is 2.94. The minimum absolute atomic E-state index is 0.312. The van der Waals surface area contributed by atoms with E-state index in [1.807, 2.05) is 0 Å². The molecule has 0 spiro atoms. The number of hydrogen-bond acceptors (Lipinski definition) is 4. The summed E-state index contributed by atoms with van der Waals surface area (Å²) in [7, 11) is 0. The molecule has 0 aliphatic rings. The van der Waals surface area contributed by atoms with Crippen LogP contribution >= 0.6 is 11.3 Å². The van der Waals surface area contributed by atoms with E-state index in [2.05, 4.69) is 10.3 Å². The maximum atomic E-state index is 10.3. The summed E-state index contributed by atoms with van der Waals surface area (Å²) in [5, 5.41) is 5.67. The number of nitrogens with two attached hydrogens (primary N) is 1. The predicted molar refractivity (Wildman–Crippen MR) is 48.6 cm³/mol. The molecular formula is C5H5N3O2S2. The van der Waals surface area contributed by atoms with Gasteiger partial charge in [-0.2, -0.15) is 0 Å². The highest BCUT2D eigenvalue weighted by Crippen LogP contribution is 2.12. The number of anilines is 1. The van der Waals surface area contributed by atoms with E-state index < -0.39 is 6.03 Å². The highest BCUT2D eigenvalue weighted by atomic mass is 32.1. The molecule has 5 nitrogen and oxygen atoms in total. The fraction of sp³-hybridized carbons (Fsp3) is 0. The zero-order chi connectivity index (χ0) is 8.97. The largest absolute Gasteiger partial charge is 0.351 e. The molecule has 1 heterocycles.